The third kappa shape index (κ3) is 11.3. The van der Waals surface area contributed by atoms with E-state index in [1.807, 2.05) is 0 Å². The van der Waals surface area contributed by atoms with Gasteiger partial charge in [0.05, 0.1) is 0 Å². The van der Waals surface area contributed by atoms with Crippen molar-refractivity contribution in [2.24, 2.45) is 11.8 Å². The second kappa shape index (κ2) is 13.7. The van der Waals surface area contributed by atoms with E-state index in [4.69, 9.17) is 9.42 Å². The van der Waals surface area contributed by atoms with Gasteiger partial charge in [0, 0.05) is 4.57 Å². The standard InChI is InChI=1S/C17H35O3P/c1-5-7-9-11-13-15(3)17(20-21(18)19)16(4)14-12-10-8-6-2/h15-17H,5-14H2,1-4H3/p+1. The number of unbranched alkanes of at least 4 members (excludes halogenated alkanes) is 6. The second-order valence-corrected chi connectivity index (χ2v) is 7.15. The summed E-state index contributed by atoms with van der Waals surface area (Å²) in [6, 6.07) is 0. The van der Waals surface area contributed by atoms with E-state index in [9.17, 15) is 4.57 Å². The average molecular weight is 319 g/mol. The molecule has 0 bridgehead atoms. The number of hydrogen-bond acceptors (Lipinski definition) is 2. The Labute approximate surface area is 132 Å². The van der Waals surface area contributed by atoms with Gasteiger partial charge in [-0.25, -0.2) is 0 Å². The Hall–Kier alpha value is 0.0200. The highest BCUT2D eigenvalue weighted by Gasteiger charge is 2.32. The summed E-state index contributed by atoms with van der Waals surface area (Å²) in [5, 5.41) is 0. The van der Waals surface area contributed by atoms with E-state index in [0.717, 1.165) is 12.8 Å². The zero-order chi connectivity index (χ0) is 16.1. The Kier molecular flexibility index (Phi) is 13.7. The van der Waals surface area contributed by atoms with Gasteiger partial charge in [-0.2, -0.15) is 0 Å². The molecule has 0 rings (SSSR count). The summed E-state index contributed by atoms with van der Waals surface area (Å²) in [6.07, 6.45) is 12.0. The number of rotatable bonds is 14. The van der Waals surface area contributed by atoms with Crippen LogP contribution >= 0.6 is 8.25 Å². The smallest absolute Gasteiger partial charge is 0.133 e. The lowest BCUT2D eigenvalue weighted by Gasteiger charge is -2.24. The topological polar surface area (TPSA) is 46.5 Å². The Morgan fingerprint density at radius 2 is 1.29 bits per heavy atom. The van der Waals surface area contributed by atoms with Crippen LogP contribution in [0.2, 0.25) is 0 Å². The molecule has 3 atom stereocenters. The monoisotopic (exact) mass is 319 g/mol. The van der Waals surface area contributed by atoms with Gasteiger partial charge in [0.2, 0.25) is 0 Å². The fourth-order valence-corrected chi connectivity index (χ4v) is 3.61. The SMILES string of the molecule is CCCCCCC(C)C(O[P+](=O)O)C(C)CCCCCC. The summed E-state index contributed by atoms with van der Waals surface area (Å²) in [5.74, 6) is 0.711. The Balaban J connectivity index is 4.23. The quantitative estimate of drug-likeness (QED) is 0.305. The molecule has 0 aromatic heterocycles. The van der Waals surface area contributed by atoms with Crippen LogP contribution in [0, 0.1) is 11.8 Å². The van der Waals surface area contributed by atoms with Crippen LogP contribution in [0.15, 0.2) is 0 Å². The first-order chi connectivity index (χ1) is 10.0. The van der Waals surface area contributed by atoms with Crippen LogP contribution in [0.25, 0.3) is 0 Å². The Bertz CT molecular complexity index is 240. The van der Waals surface area contributed by atoms with Crippen LogP contribution < -0.4 is 0 Å². The highest BCUT2D eigenvalue weighted by Crippen LogP contribution is 2.32. The molecule has 4 heteroatoms. The molecule has 0 spiro atoms. The van der Waals surface area contributed by atoms with Crippen molar-refractivity contribution in [1.29, 1.82) is 0 Å². The molecule has 3 nitrogen and oxygen atoms in total. The van der Waals surface area contributed by atoms with Gasteiger partial charge in [0.15, 0.2) is 0 Å². The van der Waals surface area contributed by atoms with Gasteiger partial charge in [0.25, 0.3) is 0 Å². The second-order valence-electron chi connectivity index (χ2n) is 6.46. The maximum absolute atomic E-state index is 11.1. The lowest BCUT2D eigenvalue weighted by Crippen LogP contribution is -2.27. The molecule has 0 saturated heterocycles. The zero-order valence-electron chi connectivity index (χ0n) is 14.5. The molecule has 0 aliphatic heterocycles. The maximum Gasteiger partial charge on any atom is 0.695 e. The fourth-order valence-electron chi connectivity index (χ4n) is 2.99. The van der Waals surface area contributed by atoms with E-state index in [1.54, 1.807) is 0 Å². The van der Waals surface area contributed by atoms with Crippen molar-refractivity contribution in [3.05, 3.63) is 0 Å². The normalized spacial score (nSPS) is 16.5. The zero-order valence-corrected chi connectivity index (χ0v) is 15.4. The summed E-state index contributed by atoms with van der Waals surface area (Å²) in [7, 11) is -2.50. The molecule has 3 unspecified atom stereocenters. The minimum atomic E-state index is -2.50. The first-order valence-corrected chi connectivity index (χ1v) is 9.98. The molecule has 0 radical (unpaired) electrons. The van der Waals surface area contributed by atoms with Crippen molar-refractivity contribution in [2.45, 2.75) is 98.0 Å². The summed E-state index contributed by atoms with van der Waals surface area (Å²) in [5.41, 5.74) is 0. The van der Waals surface area contributed by atoms with Crippen LogP contribution in [0.1, 0.15) is 91.9 Å². The maximum atomic E-state index is 11.1. The van der Waals surface area contributed by atoms with Gasteiger partial charge in [-0.15, -0.1) is 9.42 Å². The Morgan fingerprint density at radius 3 is 1.62 bits per heavy atom. The van der Waals surface area contributed by atoms with Crippen molar-refractivity contribution in [1.82, 2.24) is 0 Å². The van der Waals surface area contributed by atoms with Gasteiger partial charge in [-0.1, -0.05) is 79.1 Å². The third-order valence-electron chi connectivity index (χ3n) is 4.36. The van der Waals surface area contributed by atoms with Gasteiger partial charge in [0.1, 0.15) is 6.10 Å². The fraction of sp³-hybridized carbons (Fsp3) is 1.00. The van der Waals surface area contributed by atoms with E-state index in [2.05, 4.69) is 27.7 Å². The minimum Gasteiger partial charge on any atom is -0.133 e. The van der Waals surface area contributed by atoms with E-state index in [-0.39, 0.29) is 6.10 Å². The predicted octanol–water partition coefficient (Wildman–Crippen LogP) is 6.23. The van der Waals surface area contributed by atoms with Crippen LogP contribution in [0.4, 0.5) is 0 Å². The first-order valence-electron chi connectivity index (χ1n) is 8.85. The third-order valence-corrected chi connectivity index (χ3v) is 4.78. The van der Waals surface area contributed by atoms with Gasteiger partial charge < -0.3 is 0 Å². The molecule has 21 heavy (non-hydrogen) atoms. The Morgan fingerprint density at radius 1 is 0.857 bits per heavy atom. The van der Waals surface area contributed by atoms with Crippen LogP contribution in [-0.4, -0.2) is 11.0 Å². The van der Waals surface area contributed by atoms with Crippen molar-refractivity contribution in [3.8, 4) is 0 Å². The molecule has 0 saturated carbocycles. The summed E-state index contributed by atoms with van der Waals surface area (Å²) in [4.78, 5) is 9.13. The molecule has 0 amide bonds. The summed E-state index contributed by atoms with van der Waals surface area (Å²) < 4.78 is 16.4. The molecule has 0 heterocycles. The van der Waals surface area contributed by atoms with E-state index >= 15 is 0 Å². The minimum absolute atomic E-state index is 0.0816. The van der Waals surface area contributed by atoms with Gasteiger partial charge in [-0.3, -0.25) is 0 Å². The lowest BCUT2D eigenvalue weighted by molar-refractivity contribution is 0.0746. The van der Waals surface area contributed by atoms with E-state index < -0.39 is 8.25 Å². The van der Waals surface area contributed by atoms with Gasteiger partial charge >= 0.3 is 8.25 Å². The predicted molar refractivity (Wildman–Crippen MR) is 90.5 cm³/mol. The lowest BCUT2D eigenvalue weighted by atomic mass is 9.86. The molecule has 0 aliphatic carbocycles. The van der Waals surface area contributed by atoms with Crippen molar-refractivity contribution < 1.29 is 14.0 Å². The van der Waals surface area contributed by atoms with Crippen LogP contribution in [-0.2, 0) is 9.09 Å². The molecule has 0 fully saturated rings. The van der Waals surface area contributed by atoms with E-state index in [1.165, 1.54) is 51.4 Å². The summed E-state index contributed by atoms with van der Waals surface area (Å²) >= 11 is 0. The van der Waals surface area contributed by atoms with Crippen molar-refractivity contribution in [3.63, 3.8) is 0 Å². The van der Waals surface area contributed by atoms with Crippen LogP contribution in [0.3, 0.4) is 0 Å². The summed E-state index contributed by atoms with van der Waals surface area (Å²) in [6.45, 7) is 8.75. The average Bonchev–Trinajstić information content (AvgIpc) is 2.45. The molecule has 0 aliphatic rings. The number of hydrogen-bond donors (Lipinski definition) is 1. The van der Waals surface area contributed by atoms with Crippen molar-refractivity contribution >= 4 is 8.25 Å². The first kappa shape index (κ1) is 21.0. The van der Waals surface area contributed by atoms with Crippen molar-refractivity contribution in [2.75, 3.05) is 0 Å². The van der Waals surface area contributed by atoms with Gasteiger partial charge in [-0.05, 0) is 24.7 Å². The highest BCUT2D eigenvalue weighted by atomic mass is 31.1. The van der Waals surface area contributed by atoms with E-state index in [0.29, 0.717) is 11.8 Å². The molecular weight excluding hydrogens is 283 g/mol. The largest absolute Gasteiger partial charge is 0.695 e. The molecule has 0 aromatic rings. The molecular formula is C17H36O3P+. The molecule has 126 valence electrons. The molecule has 1 N–H and O–H groups in total. The molecule has 0 aromatic carbocycles. The highest BCUT2D eigenvalue weighted by molar-refractivity contribution is 7.32. The van der Waals surface area contributed by atoms with Crippen LogP contribution in [0.5, 0.6) is 0 Å².